The summed E-state index contributed by atoms with van der Waals surface area (Å²) in [6.07, 6.45) is 1.58. The van der Waals surface area contributed by atoms with Crippen molar-refractivity contribution in [2.24, 2.45) is 7.05 Å². The Morgan fingerprint density at radius 3 is 2.88 bits per heavy atom. The van der Waals surface area contributed by atoms with E-state index in [1.54, 1.807) is 13.2 Å². The molecular weight excluding hydrogens is 226 g/mol. The Kier molecular flexibility index (Phi) is 2.69. The van der Waals surface area contributed by atoms with Crippen LogP contribution in [0.1, 0.15) is 5.56 Å². The smallest absolute Gasteiger partial charge is 0.343 e. The number of nitrogens with one attached hydrogen (secondary N) is 1. The van der Waals surface area contributed by atoms with Crippen LogP contribution in [0.2, 0.25) is 0 Å². The molecule has 84 valence electrons. The summed E-state index contributed by atoms with van der Waals surface area (Å²) < 4.78 is 1.43. The fourth-order valence-electron chi connectivity index (χ4n) is 1.20. The highest BCUT2D eigenvalue weighted by Gasteiger charge is 2.09. The van der Waals surface area contributed by atoms with E-state index in [2.05, 4.69) is 15.2 Å². The molecule has 0 fully saturated rings. The number of aromatic nitrogens is 4. The number of H-pyrrole nitrogens is 1. The van der Waals surface area contributed by atoms with Gasteiger partial charge in [-0.15, -0.1) is 5.10 Å². The van der Waals surface area contributed by atoms with Gasteiger partial charge in [-0.05, 0) is 30.3 Å². The number of aryl methyl sites for hydroxylation is 1. The van der Waals surface area contributed by atoms with Crippen LogP contribution in [-0.2, 0) is 7.05 Å². The first-order chi connectivity index (χ1) is 7.58. The molecule has 0 aliphatic rings. The molecular formula is C9H11N5OS. The SMILES string of the molecule is Cc1cc(N)cnc1Sc1n[nH]c(=O)n1C. The summed E-state index contributed by atoms with van der Waals surface area (Å²) in [5.41, 5.74) is 6.95. The molecule has 3 N–H and O–H groups in total. The highest BCUT2D eigenvalue weighted by atomic mass is 32.2. The van der Waals surface area contributed by atoms with Gasteiger partial charge in [0.05, 0.1) is 11.9 Å². The van der Waals surface area contributed by atoms with Crippen molar-refractivity contribution in [2.45, 2.75) is 17.1 Å². The summed E-state index contributed by atoms with van der Waals surface area (Å²) in [6, 6.07) is 1.83. The van der Waals surface area contributed by atoms with E-state index in [1.165, 1.54) is 16.3 Å². The molecule has 0 bridgehead atoms. The van der Waals surface area contributed by atoms with Crippen molar-refractivity contribution in [3.63, 3.8) is 0 Å². The van der Waals surface area contributed by atoms with Gasteiger partial charge < -0.3 is 5.73 Å². The molecule has 0 aromatic carbocycles. The van der Waals surface area contributed by atoms with E-state index in [4.69, 9.17) is 5.73 Å². The maximum absolute atomic E-state index is 11.2. The van der Waals surface area contributed by atoms with Crippen molar-refractivity contribution >= 4 is 17.4 Å². The van der Waals surface area contributed by atoms with Gasteiger partial charge in [0.2, 0.25) is 0 Å². The Morgan fingerprint density at radius 2 is 2.31 bits per heavy atom. The summed E-state index contributed by atoms with van der Waals surface area (Å²) in [4.78, 5) is 15.4. The first-order valence-corrected chi connectivity index (χ1v) is 5.41. The number of aromatic amines is 1. The fraction of sp³-hybridized carbons (Fsp3) is 0.222. The van der Waals surface area contributed by atoms with Crippen molar-refractivity contribution in [2.75, 3.05) is 5.73 Å². The Balaban J connectivity index is 2.34. The molecule has 2 rings (SSSR count). The molecule has 7 heteroatoms. The summed E-state index contributed by atoms with van der Waals surface area (Å²) in [5.74, 6) is 0. The molecule has 0 aliphatic carbocycles. The predicted octanol–water partition coefficient (Wildman–Crippen LogP) is 0.545. The number of nitrogens with zero attached hydrogens (tertiary/aromatic N) is 3. The van der Waals surface area contributed by atoms with Crippen molar-refractivity contribution in [1.82, 2.24) is 19.7 Å². The van der Waals surface area contributed by atoms with Crippen LogP contribution in [0.25, 0.3) is 0 Å². The maximum Gasteiger partial charge on any atom is 0.343 e. The number of anilines is 1. The fourth-order valence-corrected chi connectivity index (χ4v) is 2.01. The summed E-state index contributed by atoms with van der Waals surface area (Å²) >= 11 is 1.32. The van der Waals surface area contributed by atoms with Gasteiger partial charge in [0.15, 0.2) is 5.16 Å². The number of rotatable bonds is 2. The first kappa shape index (κ1) is 10.7. The van der Waals surface area contributed by atoms with Crippen LogP contribution in [0.15, 0.2) is 27.2 Å². The van der Waals surface area contributed by atoms with Crippen LogP contribution >= 0.6 is 11.8 Å². The van der Waals surface area contributed by atoms with E-state index < -0.39 is 0 Å². The van der Waals surface area contributed by atoms with Crippen LogP contribution in [-0.4, -0.2) is 19.7 Å². The molecule has 16 heavy (non-hydrogen) atoms. The van der Waals surface area contributed by atoms with Crippen LogP contribution in [0.4, 0.5) is 5.69 Å². The van der Waals surface area contributed by atoms with E-state index in [-0.39, 0.29) is 5.69 Å². The monoisotopic (exact) mass is 237 g/mol. The van der Waals surface area contributed by atoms with E-state index in [9.17, 15) is 4.79 Å². The minimum Gasteiger partial charge on any atom is -0.397 e. The van der Waals surface area contributed by atoms with Gasteiger partial charge in [-0.3, -0.25) is 4.57 Å². The normalized spacial score (nSPS) is 10.6. The van der Waals surface area contributed by atoms with Crippen LogP contribution in [0, 0.1) is 6.92 Å². The first-order valence-electron chi connectivity index (χ1n) is 4.59. The molecule has 0 amide bonds. The van der Waals surface area contributed by atoms with E-state index in [1.807, 2.05) is 13.0 Å². The third-order valence-electron chi connectivity index (χ3n) is 2.08. The van der Waals surface area contributed by atoms with Gasteiger partial charge in [0, 0.05) is 7.05 Å². The van der Waals surface area contributed by atoms with Crippen molar-refractivity contribution in [1.29, 1.82) is 0 Å². The molecule has 2 aromatic heterocycles. The second kappa shape index (κ2) is 4.01. The lowest BCUT2D eigenvalue weighted by molar-refractivity contribution is 0.764. The van der Waals surface area contributed by atoms with Gasteiger partial charge in [0.25, 0.3) is 0 Å². The Labute approximate surface area is 95.9 Å². The number of nitrogens with two attached hydrogens (primary N) is 1. The van der Waals surface area contributed by atoms with Gasteiger partial charge in [-0.1, -0.05) is 0 Å². The average molecular weight is 237 g/mol. The maximum atomic E-state index is 11.2. The largest absolute Gasteiger partial charge is 0.397 e. The highest BCUT2D eigenvalue weighted by Crippen LogP contribution is 2.26. The molecule has 0 aliphatic heterocycles. The molecule has 0 unspecified atom stereocenters. The van der Waals surface area contributed by atoms with Gasteiger partial charge >= 0.3 is 5.69 Å². The zero-order valence-corrected chi connectivity index (χ0v) is 9.71. The van der Waals surface area contributed by atoms with Crippen LogP contribution in [0.3, 0.4) is 0 Å². The molecule has 0 saturated carbocycles. The molecule has 6 nitrogen and oxygen atoms in total. The van der Waals surface area contributed by atoms with Gasteiger partial charge in [-0.2, -0.15) is 0 Å². The molecule has 2 aromatic rings. The second-order valence-electron chi connectivity index (χ2n) is 3.36. The van der Waals surface area contributed by atoms with Gasteiger partial charge in [-0.25, -0.2) is 14.9 Å². The van der Waals surface area contributed by atoms with Crippen molar-refractivity contribution < 1.29 is 0 Å². The lowest BCUT2D eigenvalue weighted by atomic mass is 10.3. The molecule has 0 saturated heterocycles. The Morgan fingerprint density at radius 1 is 1.56 bits per heavy atom. The standard InChI is InChI=1S/C9H11N5OS/c1-5-3-6(10)4-11-7(5)16-9-13-12-8(15)14(9)2/h3-4H,10H2,1-2H3,(H,12,15). The quantitative estimate of drug-likeness (QED) is 0.796. The summed E-state index contributed by atoms with van der Waals surface area (Å²) in [6.45, 7) is 1.91. The third kappa shape index (κ3) is 1.94. The Bertz CT molecular complexity index is 574. The van der Waals surface area contributed by atoms with Gasteiger partial charge in [0.1, 0.15) is 5.03 Å². The lowest BCUT2D eigenvalue weighted by Gasteiger charge is -2.03. The molecule has 0 spiro atoms. The minimum absolute atomic E-state index is 0.240. The van der Waals surface area contributed by atoms with Crippen LogP contribution < -0.4 is 11.4 Å². The highest BCUT2D eigenvalue weighted by molar-refractivity contribution is 7.99. The summed E-state index contributed by atoms with van der Waals surface area (Å²) in [5, 5.41) is 7.63. The second-order valence-corrected chi connectivity index (χ2v) is 4.32. The average Bonchev–Trinajstić information content (AvgIpc) is 2.54. The zero-order chi connectivity index (χ0) is 11.7. The number of nitrogen functional groups attached to an aromatic ring is 1. The van der Waals surface area contributed by atoms with E-state index >= 15 is 0 Å². The Hall–Kier alpha value is -1.76. The number of hydrogen-bond donors (Lipinski definition) is 2. The summed E-state index contributed by atoms with van der Waals surface area (Å²) in [7, 11) is 1.65. The number of pyridine rings is 1. The van der Waals surface area contributed by atoms with E-state index in [0.717, 1.165) is 10.6 Å². The zero-order valence-electron chi connectivity index (χ0n) is 8.89. The topological polar surface area (TPSA) is 89.6 Å². The lowest BCUT2D eigenvalue weighted by Crippen LogP contribution is -2.12. The predicted molar refractivity (Wildman–Crippen MR) is 61.3 cm³/mol. The van der Waals surface area contributed by atoms with Crippen LogP contribution in [0.5, 0.6) is 0 Å². The van der Waals surface area contributed by atoms with E-state index in [0.29, 0.717) is 10.8 Å². The van der Waals surface area contributed by atoms with Crippen molar-refractivity contribution in [3.8, 4) is 0 Å². The molecule has 2 heterocycles. The third-order valence-corrected chi connectivity index (χ3v) is 3.25. The molecule has 0 radical (unpaired) electrons. The minimum atomic E-state index is -0.240. The number of hydrogen-bond acceptors (Lipinski definition) is 5. The van der Waals surface area contributed by atoms with Crippen molar-refractivity contribution in [3.05, 3.63) is 28.3 Å². The molecule has 0 atom stereocenters.